The Kier molecular flexibility index (Phi) is 3.23. The van der Waals surface area contributed by atoms with Gasteiger partial charge in [0.15, 0.2) is 5.72 Å². The van der Waals surface area contributed by atoms with Crippen molar-refractivity contribution in [2.24, 2.45) is 0 Å². The number of hydrogen-bond donors (Lipinski definition) is 0. The van der Waals surface area contributed by atoms with Gasteiger partial charge in [0.1, 0.15) is 11.2 Å². The van der Waals surface area contributed by atoms with Gasteiger partial charge in [0.2, 0.25) is 5.91 Å². The van der Waals surface area contributed by atoms with Crippen LogP contribution in [-0.4, -0.2) is 47.2 Å². The maximum Gasteiger partial charge on any atom is 0.226 e. The summed E-state index contributed by atoms with van der Waals surface area (Å²) in [6, 6.07) is 14.7. The molecule has 3 aliphatic heterocycles. The summed E-state index contributed by atoms with van der Waals surface area (Å²) in [6.07, 6.45) is 2.41. The van der Waals surface area contributed by atoms with Crippen molar-refractivity contribution in [3.8, 4) is 0 Å². The normalized spacial score (nSPS) is 28.2. The van der Waals surface area contributed by atoms with Gasteiger partial charge in [-0.15, -0.1) is 0 Å². The van der Waals surface area contributed by atoms with Crippen LogP contribution in [0.3, 0.4) is 0 Å². The van der Waals surface area contributed by atoms with Crippen LogP contribution in [-0.2, 0) is 16.1 Å². The zero-order valence-corrected chi connectivity index (χ0v) is 15.2. The van der Waals surface area contributed by atoms with E-state index in [1.54, 1.807) is 0 Å². The van der Waals surface area contributed by atoms with Gasteiger partial charge in [-0.05, 0) is 12.5 Å². The van der Waals surface area contributed by atoms with E-state index >= 15 is 0 Å². The van der Waals surface area contributed by atoms with Gasteiger partial charge in [0, 0.05) is 48.8 Å². The smallest absolute Gasteiger partial charge is 0.226 e. The number of likely N-dealkylation sites (tertiary alicyclic amines) is 1. The van der Waals surface area contributed by atoms with E-state index in [2.05, 4.69) is 29.2 Å². The number of hydrogen-bond acceptors (Lipinski definition) is 4. The van der Waals surface area contributed by atoms with E-state index in [1.165, 1.54) is 5.56 Å². The Balaban J connectivity index is 1.38. The minimum absolute atomic E-state index is 0.143. The lowest BCUT2D eigenvalue weighted by Crippen LogP contribution is -2.56. The minimum Gasteiger partial charge on any atom is -0.456 e. The molecule has 4 heterocycles. The van der Waals surface area contributed by atoms with Crippen LogP contribution in [0.15, 0.2) is 46.9 Å². The summed E-state index contributed by atoms with van der Waals surface area (Å²) in [5.41, 5.74) is 2.68. The number of rotatable bonds is 2. The lowest BCUT2D eigenvalue weighted by atomic mass is 10.0. The molecule has 5 nitrogen and oxygen atoms in total. The number of fused-ring (bicyclic) bond motifs is 3. The second-order valence-corrected chi connectivity index (χ2v) is 7.92. The van der Waals surface area contributed by atoms with Crippen LogP contribution in [0.2, 0.25) is 0 Å². The van der Waals surface area contributed by atoms with Crippen LogP contribution in [0.1, 0.15) is 24.8 Å². The molecular formula is C22H22N2O3. The lowest BCUT2D eigenvalue weighted by molar-refractivity contribution is -0.180. The van der Waals surface area contributed by atoms with Crippen LogP contribution in [0.4, 0.5) is 0 Å². The third-order valence-electron chi connectivity index (χ3n) is 6.58. The van der Waals surface area contributed by atoms with Crippen LogP contribution >= 0.6 is 0 Å². The number of carbonyl (C=O) groups excluding carboxylic acids is 1. The largest absolute Gasteiger partial charge is 0.456 e. The molecular weight excluding hydrogens is 340 g/mol. The molecule has 3 aliphatic rings. The van der Waals surface area contributed by atoms with Crippen molar-refractivity contribution in [3.63, 3.8) is 0 Å². The summed E-state index contributed by atoms with van der Waals surface area (Å²) in [5, 5.41) is 2.32. The number of furan rings is 1. The van der Waals surface area contributed by atoms with Crippen molar-refractivity contribution in [3.05, 3.63) is 48.0 Å². The summed E-state index contributed by atoms with van der Waals surface area (Å²) in [4.78, 5) is 17.0. The molecule has 0 unspecified atom stereocenters. The molecule has 5 heteroatoms. The van der Waals surface area contributed by atoms with Gasteiger partial charge in [-0.3, -0.25) is 9.69 Å². The summed E-state index contributed by atoms with van der Waals surface area (Å²) in [6.45, 7) is 3.33. The third kappa shape index (κ3) is 2.10. The molecule has 2 aromatic carbocycles. The molecule has 6 rings (SSSR count). The second-order valence-electron chi connectivity index (χ2n) is 7.92. The molecule has 1 aromatic heterocycles. The molecule has 3 aromatic rings. The van der Waals surface area contributed by atoms with Crippen molar-refractivity contribution in [2.45, 2.75) is 37.6 Å². The fourth-order valence-corrected chi connectivity index (χ4v) is 5.37. The average molecular weight is 362 g/mol. The zero-order chi connectivity index (χ0) is 18.0. The first-order valence-corrected chi connectivity index (χ1v) is 9.84. The number of amides is 1. The van der Waals surface area contributed by atoms with E-state index in [4.69, 9.17) is 9.15 Å². The highest BCUT2D eigenvalue weighted by Gasteiger charge is 2.60. The predicted molar refractivity (Wildman–Crippen MR) is 102 cm³/mol. The fourth-order valence-electron chi connectivity index (χ4n) is 5.37. The molecule has 1 amide bonds. The van der Waals surface area contributed by atoms with Gasteiger partial charge in [-0.2, -0.15) is 0 Å². The first-order valence-electron chi connectivity index (χ1n) is 9.84. The Morgan fingerprint density at radius 3 is 2.93 bits per heavy atom. The molecule has 1 spiro atoms. The number of nitrogens with zero attached hydrogens (tertiary/aromatic N) is 2. The van der Waals surface area contributed by atoms with Crippen LogP contribution in [0.5, 0.6) is 0 Å². The van der Waals surface area contributed by atoms with Crippen molar-refractivity contribution in [2.75, 3.05) is 19.7 Å². The zero-order valence-electron chi connectivity index (χ0n) is 15.2. The topological polar surface area (TPSA) is 45.9 Å². The summed E-state index contributed by atoms with van der Waals surface area (Å²) >= 11 is 0. The highest BCUT2D eigenvalue weighted by molar-refractivity contribution is 6.05. The van der Waals surface area contributed by atoms with Gasteiger partial charge in [-0.25, -0.2) is 0 Å². The van der Waals surface area contributed by atoms with Gasteiger partial charge in [-0.1, -0.05) is 36.4 Å². The number of para-hydroxylation sites is 2. The van der Waals surface area contributed by atoms with E-state index in [9.17, 15) is 4.79 Å². The summed E-state index contributed by atoms with van der Waals surface area (Å²) < 4.78 is 12.4. The molecule has 0 N–H and O–H groups in total. The third-order valence-corrected chi connectivity index (χ3v) is 6.58. The Bertz CT molecular complexity index is 1060. The highest BCUT2D eigenvalue weighted by Crippen LogP contribution is 2.45. The fraction of sp³-hybridized carbons (Fsp3) is 0.409. The Morgan fingerprint density at radius 2 is 1.96 bits per heavy atom. The first-order chi connectivity index (χ1) is 13.3. The molecule has 0 bridgehead atoms. The quantitative estimate of drug-likeness (QED) is 0.700. The number of benzene rings is 2. The molecule has 3 saturated heterocycles. The Morgan fingerprint density at radius 1 is 1.07 bits per heavy atom. The monoisotopic (exact) mass is 362 g/mol. The Hall–Kier alpha value is -2.37. The molecule has 0 saturated carbocycles. The van der Waals surface area contributed by atoms with E-state index in [0.29, 0.717) is 6.42 Å². The molecule has 0 radical (unpaired) electrons. The maximum atomic E-state index is 12.5. The molecule has 27 heavy (non-hydrogen) atoms. The van der Waals surface area contributed by atoms with E-state index in [-0.39, 0.29) is 11.9 Å². The minimum atomic E-state index is -0.392. The van der Waals surface area contributed by atoms with E-state index < -0.39 is 5.72 Å². The summed E-state index contributed by atoms with van der Waals surface area (Å²) in [5.74, 6) is 0.242. The molecule has 2 atom stereocenters. The van der Waals surface area contributed by atoms with Crippen LogP contribution in [0, 0.1) is 0 Å². The lowest BCUT2D eigenvalue weighted by Gasteiger charge is -2.42. The molecule has 138 valence electrons. The van der Waals surface area contributed by atoms with Gasteiger partial charge in [0.25, 0.3) is 0 Å². The second kappa shape index (κ2) is 5.57. The van der Waals surface area contributed by atoms with Crippen molar-refractivity contribution in [1.82, 2.24) is 9.80 Å². The van der Waals surface area contributed by atoms with Crippen molar-refractivity contribution in [1.29, 1.82) is 0 Å². The number of ether oxygens (including phenoxy) is 1. The van der Waals surface area contributed by atoms with E-state index in [0.717, 1.165) is 61.0 Å². The molecule has 3 fully saturated rings. The van der Waals surface area contributed by atoms with Crippen molar-refractivity contribution >= 4 is 27.8 Å². The average Bonchev–Trinajstić information content (AvgIpc) is 3.32. The van der Waals surface area contributed by atoms with Crippen LogP contribution < -0.4 is 0 Å². The van der Waals surface area contributed by atoms with Gasteiger partial charge in [0.05, 0.1) is 12.6 Å². The SMILES string of the molecule is O=C1C[C@H]2N(Cc3cccc4c3oc3ccccc34)CC[C@]23OCCCN13. The highest BCUT2D eigenvalue weighted by atomic mass is 16.5. The summed E-state index contributed by atoms with van der Waals surface area (Å²) in [7, 11) is 0. The van der Waals surface area contributed by atoms with Crippen molar-refractivity contribution < 1.29 is 13.9 Å². The standard InChI is InChI=1S/C22H22N2O3/c25-20-13-19-22(24(20)10-4-12-26-22)9-11-23(19)14-15-5-3-7-17-16-6-1-2-8-18(16)27-21(15)17/h1-3,5-8,19H,4,9-14H2/t19-,22+/m1/s1. The van der Waals surface area contributed by atoms with Gasteiger partial charge < -0.3 is 14.1 Å². The first kappa shape index (κ1) is 15.7. The predicted octanol–water partition coefficient (Wildman–Crippen LogP) is 3.51. The maximum absolute atomic E-state index is 12.5. The Labute approximate surface area is 157 Å². The van der Waals surface area contributed by atoms with Crippen LogP contribution in [0.25, 0.3) is 21.9 Å². The van der Waals surface area contributed by atoms with E-state index in [1.807, 2.05) is 23.1 Å². The van der Waals surface area contributed by atoms with Gasteiger partial charge >= 0.3 is 0 Å². The molecule has 0 aliphatic carbocycles. The number of carbonyl (C=O) groups is 1.